The molecule has 0 aromatic carbocycles. The Labute approximate surface area is 195 Å². The van der Waals surface area contributed by atoms with E-state index in [9.17, 15) is 19.8 Å². The Hall–Kier alpha value is -1.25. The average Bonchev–Trinajstić information content (AvgIpc) is 3.54. The summed E-state index contributed by atoms with van der Waals surface area (Å²) in [6.07, 6.45) is 7.11. The molecule has 0 aromatic rings. The molecule has 2 saturated carbocycles. The Balaban J connectivity index is 1.62. The van der Waals surface area contributed by atoms with E-state index in [1.165, 1.54) is 38.9 Å². The number of ketones is 1. The van der Waals surface area contributed by atoms with E-state index >= 15 is 0 Å². The van der Waals surface area contributed by atoms with Gasteiger partial charge in [-0.2, -0.15) is 0 Å². The van der Waals surface area contributed by atoms with Crippen LogP contribution in [0.3, 0.4) is 0 Å². The Morgan fingerprint density at radius 1 is 1.38 bits per heavy atom. The maximum absolute atomic E-state index is 12.7. The van der Waals surface area contributed by atoms with Gasteiger partial charge in [0.15, 0.2) is 10.7 Å². The zero-order valence-electron chi connectivity index (χ0n) is 19.3. The van der Waals surface area contributed by atoms with Gasteiger partial charge in [0, 0.05) is 19.6 Å². The normalized spacial score (nSPS) is 39.7. The molecule has 2 bridgehead atoms. The number of aliphatic hydroxyl groups excluding tert-OH is 1. The van der Waals surface area contributed by atoms with Crippen LogP contribution >= 0.6 is 11.6 Å². The summed E-state index contributed by atoms with van der Waals surface area (Å²) in [5.74, 6) is -0.529. The maximum Gasteiger partial charge on any atom is 0.244 e. The Kier molecular flexibility index (Phi) is 7.88. The predicted octanol–water partition coefficient (Wildman–Crippen LogP) is 2.42. The largest absolute Gasteiger partial charge is 0.389 e. The highest BCUT2D eigenvalue weighted by molar-refractivity contribution is 6.38. The molecule has 180 valence electrons. The number of methoxy groups -OCH3 is 1. The van der Waals surface area contributed by atoms with Crippen molar-refractivity contribution < 1.29 is 29.3 Å². The Morgan fingerprint density at radius 2 is 2.09 bits per heavy atom. The molecule has 1 heterocycles. The van der Waals surface area contributed by atoms with E-state index in [1.54, 1.807) is 6.08 Å². The smallest absolute Gasteiger partial charge is 0.244 e. The molecular weight excluding hydrogens is 434 g/mol. The van der Waals surface area contributed by atoms with Gasteiger partial charge in [0.1, 0.15) is 30.0 Å². The second-order valence-electron chi connectivity index (χ2n) is 9.55. The summed E-state index contributed by atoms with van der Waals surface area (Å²) in [5.41, 5.74) is -0.598. The first-order valence-corrected chi connectivity index (χ1v) is 12.0. The van der Waals surface area contributed by atoms with E-state index in [0.29, 0.717) is 5.92 Å². The molecule has 3 N–H and O–H groups in total. The first-order valence-electron chi connectivity index (χ1n) is 11.6. The molecule has 0 unspecified atom stereocenters. The van der Waals surface area contributed by atoms with Crippen molar-refractivity contribution in [3.63, 3.8) is 0 Å². The lowest BCUT2D eigenvalue weighted by atomic mass is 9.62. The Morgan fingerprint density at radius 3 is 2.75 bits per heavy atom. The van der Waals surface area contributed by atoms with E-state index in [0.717, 1.165) is 12.0 Å². The number of rotatable bonds is 10. The third-order valence-corrected chi connectivity index (χ3v) is 7.54. The van der Waals surface area contributed by atoms with Gasteiger partial charge in [-0.25, -0.2) is 0 Å². The van der Waals surface area contributed by atoms with Crippen LogP contribution < -0.4 is 5.32 Å². The highest BCUT2D eigenvalue weighted by atomic mass is 35.5. The number of halogens is 1. The monoisotopic (exact) mass is 469 g/mol. The van der Waals surface area contributed by atoms with Crippen LogP contribution in [0.2, 0.25) is 0 Å². The third kappa shape index (κ3) is 4.68. The standard InChI is InChI=1S/C24H36ClNO6/c1-5-6-7-8-9-14(2)12-15(3)10-11-17(27)26-16-13-23(30)21-18(32-21)20(29)24(25,19(16)28)22(23)31-4/h10-12,14,16,18-19,21-22,28,30H,5-9,13H2,1-4H3,(H,26,27)/b11-10+,15-12+/t14-,16+,18+,19+,21+,22+,23+,24-/m1/s1. The molecule has 7 nitrogen and oxygen atoms in total. The molecule has 32 heavy (non-hydrogen) atoms. The number of nitrogens with one attached hydrogen (secondary N) is 1. The summed E-state index contributed by atoms with van der Waals surface area (Å²) in [5, 5.41) is 24.8. The number of fused-ring (bicyclic) bond motifs is 4. The van der Waals surface area contributed by atoms with Crippen LogP contribution in [-0.4, -0.2) is 69.9 Å². The van der Waals surface area contributed by atoms with Gasteiger partial charge < -0.3 is 25.0 Å². The summed E-state index contributed by atoms with van der Waals surface area (Å²) in [6, 6.07) is -0.920. The zero-order valence-corrected chi connectivity index (χ0v) is 20.1. The van der Waals surface area contributed by atoms with Gasteiger partial charge in [-0.15, -0.1) is 11.6 Å². The molecule has 0 radical (unpaired) electrons. The summed E-state index contributed by atoms with van der Waals surface area (Å²) < 4.78 is 10.7. The molecule has 2 aliphatic carbocycles. The molecular formula is C24H36ClNO6. The number of ether oxygens (including phenoxy) is 2. The Bertz CT molecular complexity index is 784. The summed E-state index contributed by atoms with van der Waals surface area (Å²) in [7, 11) is 1.33. The summed E-state index contributed by atoms with van der Waals surface area (Å²) >= 11 is 6.57. The van der Waals surface area contributed by atoms with E-state index < -0.39 is 52.6 Å². The molecule has 8 atom stereocenters. The third-order valence-electron chi connectivity index (χ3n) is 6.94. The van der Waals surface area contributed by atoms with Crippen LogP contribution in [0.4, 0.5) is 0 Å². The van der Waals surface area contributed by atoms with Crippen molar-refractivity contribution in [2.75, 3.05) is 7.11 Å². The van der Waals surface area contributed by atoms with E-state index in [4.69, 9.17) is 21.1 Å². The molecule has 1 amide bonds. The first-order chi connectivity index (χ1) is 15.1. The number of hydrogen-bond acceptors (Lipinski definition) is 6. The number of carbonyl (C=O) groups excluding carboxylic acids is 2. The molecule has 0 spiro atoms. The molecule has 3 aliphatic rings. The van der Waals surface area contributed by atoms with Gasteiger partial charge in [0.25, 0.3) is 0 Å². The van der Waals surface area contributed by atoms with Crippen molar-refractivity contribution in [2.24, 2.45) is 5.92 Å². The van der Waals surface area contributed by atoms with E-state index in [-0.39, 0.29) is 6.42 Å². The summed E-state index contributed by atoms with van der Waals surface area (Å²) in [4.78, 5) is 23.4. The molecule has 3 fully saturated rings. The highest BCUT2D eigenvalue weighted by Crippen LogP contribution is 2.56. The lowest BCUT2D eigenvalue weighted by Gasteiger charge is -2.54. The molecule has 3 rings (SSSR count). The van der Waals surface area contributed by atoms with Crippen LogP contribution in [0.1, 0.15) is 59.3 Å². The van der Waals surface area contributed by atoms with Crippen molar-refractivity contribution in [3.8, 4) is 0 Å². The second kappa shape index (κ2) is 9.94. The van der Waals surface area contributed by atoms with Crippen LogP contribution in [0.15, 0.2) is 23.8 Å². The minimum absolute atomic E-state index is 0.0290. The topological polar surface area (TPSA) is 108 Å². The van der Waals surface area contributed by atoms with Crippen LogP contribution in [0, 0.1) is 5.92 Å². The fourth-order valence-electron chi connectivity index (χ4n) is 5.26. The highest BCUT2D eigenvalue weighted by Gasteiger charge is 2.79. The van der Waals surface area contributed by atoms with E-state index in [2.05, 4.69) is 25.2 Å². The van der Waals surface area contributed by atoms with Crippen LogP contribution in [0.25, 0.3) is 0 Å². The second-order valence-corrected chi connectivity index (χ2v) is 10.2. The van der Waals surface area contributed by atoms with Gasteiger partial charge in [-0.05, 0) is 19.3 Å². The number of alkyl halides is 1. The number of hydrogen-bond donors (Lipinski definition) is 3. The minimum atomic E-state index is -1.88. The summed E-state index contributed by atoms with van der Waals surface area (Å²) in [6.45, 7) is 6.30. The predicted molar refractivity (Wildman–Crippen MR) is 121 cm³/mol. The van der Waals surface area contributed by atoms with Gasteiger partial charge in [0.2, 0.25) is 5.91 Å². The fourth-order valence-corrected chi connectivity index (χ4v) is 5.79. The fraction of sp³-hybridized carbons (Fsp3) is 0.750. The van der Waals surface area contributed by atoms with Crippen molar-refractivity contribution in [2.45, 2.75) is 100 Å². The SMILES string of the molecule is CCCCCC[C@@H](C)/C=C(C)/C=C/C(=O)N[C@H]1C[C@]2(O)[C@H]3O[C@H]3C(=O)[C@](Cl)([C@H]1O)[C@H]2OC. The number of unbranched alkanes of at least 4 members (excludes halogenated alkanes) is 3. The number of aliphatic hydroxyl groups is 2. The van der Waals surface area contributed by atoms with Gasteiger partial charge in [-0.3, -0.25) is 9.59 Å². The quantitative estimate of drug-likeness (QED) is 0.149. The number of epoxide rings is 1. The number of Topliss-reactive ketones (excluding diaryl/α,β-unsaturated/α-hetero) is 1. The van der Waals surface area contributed by atoms with Crippen LogP contribution in [-0.2, 0) is 19.1 Å². The zero-order chi connectivity index (χ0) is 23.7. The van der Waals surface area contributed by atoms with Gasteiger partial charge >= 0.3 is 0 Å². The van der Waals surface area contributed by atoms with Crippen molar-refractivity contribution >= 4 is 23.3 Å². The molecule has 1 aliphatic heterocycles. The minimum Gasteiger partial charge on any atom is -0.389 e. The number of amides is 1. The van der Waals surface area contributed by atoms with Crippen molar-refractivity contribution in [1.29, 1.82) is 0 Å². The maximum atomic E-state index is 12.7. The van der Waals surface area contributed by atoms with Crippen molar-refractivity contribution in [1.82, 2.24) is 5.32 Å². The van der Waals surface area contributed by atoms with Gasteiger partial charge in [0.05, 0.1) is 6.04 Å². The lowest BCUT2D eigenvalue weighted by molar-refractivity contribution is -0.189. The average molecular weight is 470 g/mol. The van der Waals surface area contributed by atoms with E-state index in [1.807, 2.05) is 6.92 Å². The lowest BCUT2D eigenvalue weighted by Crippen LogP contribution is -2.78. The van der Waals surface area contributed by atoms with Crippen molar-refractivity contribution in [3.05, 3.63) is 23.8 Å². The van der Waals surface area contributed by atoms with Crippen LogP contribution in [0.5, 0.6) is 0 Å². The first kappa shape index (κ1) is 25.4. The molecule has 8 heteroatoms. The molecule has 0 aromatic heterocycles. The number of carbonyl (C=O) groups is 2. The molecule has 1 saturated heterocycles. The van der Waals surface area contributed by atoms with Gasteiger partial charge in [-0.1, -0.05) is 57.3 Å². The number of allylic oxidation sites excluding steroid dienone is 3.